The van der Waals surface area contributed by atoms with E-state index in [-0.39, 0.29) is 16.7 Å². The van der Waals surface area contributed by atoms with E-state index < -0.39 is 0 Å². The highest BCUT2D eigenvalue weighted by molar-refractivity contribution is 5.43. The van der Waals surface area contributed by atoms with Gasteiger partial charge in [0.25, 0.3) is 5.69 Å². The Morgan fingerprint density at radius 1 is 1.39 bits per heavy atom. The van der Waals surface area contributed by atoms with E-state index >= 15 is 0 Å². The van der Waals surface area contributed by atoms with Gasteiger partial charge in [-0.15, -0.1) is 0 Å². The van der Waals surface area contributed by atoms with Crippen LogP contribution in [-0.2, 0) is 0 Å². The topological polar surface area (TPSA) is 55.2 Å². The van der Waals surface area contributed by atoms with Gasteiger partial charge in [0.05, 0.1) is 4.92 Å². The zero-order chi connectivity index (χ0) is 13.7. The van der Waals surface area contributed by atoms with E-state index in [0.717, 1.165) is 18.4 Å². The van der Waals surface area contributed by atoms with Crippen molar-refractivity contribution < 1.29 is 4.92 Å². The predicted octanol–water partition coefficient (Wildman–Crippen LogP) is 3.74. The van der Waals surface area contributed by atoms with Crippen molar-refractivity contribution in [1.29, 1.82) is 0 Å². The number of nitrogens with zero attached hydrogens (tertiary/aromatic N) is 1. The van der Waals surface area contributed by atoms with Crippen LogP contribution in [0, 0.1) is 17.0 Å². The van der Waals surface area contributed by atoms with Gasteiger partial charge in [-0.25, -0.2) is 0 Å². The van der Waals surface area contributed by atoms with Crippen molar-refractivity contribution in [2.24, 2.45) is 0 Å². The van der Waals surface area contributed by atoms with Crippen molar-refractivity contribution in [3.63, 3.8) is 0 Å². The summed E-state index contributed by atoms with van der Waals surface area (Å²) >= 11 is 0. The largest absolute Gasteiger partial charge is 0.308 e. The average Bonchev–Trinajstić information content (AvgIpc) is 2.29. The second kappa shape index (κ2) is 6.50. The molecule has 0 fully saturated rings. The minimum atomic E-state index is -0.318. The summed E-state index contributed by atoms with van der Waals surface area (Å²) in [6, 6.07) is 6.00. The standard InChI is InChI=1S/C14H22N2O2/c1-5-6-11(3)15-12(4)13-8-7-10(2)14(9-13)16(17)18/h7-9,11-12,15H,5-6H2,1-4H3. The highest BCUT2D eigenvalue weighted by Gasteiger charge is 2.15. The second-order valence-corrected chi connectivity index (χ2v) is 4.88. The third kappa shape index (κ3) is 3.81. The number of rotatable bonds is 6. The molecule has 0 aliphatic carbocycles. The summed E-state index contributed by atoms with van der Waals surface area (Å²) < 4.78 is 0. The van der Waals surface area contributed by atoms with E-state index in [4.69, 9.17) is 0 Å². The first kappa shape index (κ1) is 14.6. The molecule has 0 radical (unpaired) electrons. The third-order valence-electron chi connectivity index (χ3n) is 3.19. The summed E-state index contributed by atoms with van der Waals surface area (Å²) in [4.78, 5) is 10.6. The zero-order valence-corrected chi connectivity index (χ0v) is 11.6. The summed E-state index contributed by atoms with van der Waals surface area (Å²) in [5.74, 6) is 0. The molecular formula is C14H22N2O2. The Morgan fingerprint density at radius 2 is 2.06 bits per heavy atom. The van der Waals surface area contributed by atoms with Crippen LogP contribution in [0.25, 0.3) is 0 Å². The maximum absolute atomic E-state index is 10.9. The van der Waals surface area contributed by atoms with E-state index in [1.807, 2.05) is 19.1 Å². The van der Waals surface area contributed by atoms with Gasteiger partial charge < -0.3 is 5.32 Å². The van der Waals surface area contributed by atoms with Gasteiger partial charge >= 0.3 is 0 Å². The highest BCUT2D eigenvalue weighted by atomic mass is 16.6. The molecule has 0 amide bonds. The number of benzene rings is 1. The quantitative estimate of drug-likeness (QED) is 0.618. The molecule has 4 nitrogen and oxygen atoms in total. The van der Waals surface area contributed by atoms with E-state index in [0.29, 0.717) is 11.6 Å². The molecule has 1 aromatic carbocycles. The molecule has 0 aliphatic heterocycles. The molecule has 0 heterocycles. The minimum absolute atomic E-state index is 0.130. The lowest BCUT2D eigenvalue weighted by Crippen LogP contribution is -2.28. The molecule has 18 heavy (non-hydrogen) atoms. The van der Waals surface area contributed by atoms with Crippen LogP contribution >= 0.6 is 0 Å². The molecule has 2 unspecified atom stereocenters. The van der Waals surface area contributed by atoms with E-state index in [2.05, 4.69) is 19.2 Å². The third-order valence-corrected chi connectivity index (χ3v) is 3.19. The van der Waals surface area contributed by atoms with E-state index in [1.54, 1.807) is 13.0 Å². The van der Waals surface area contributed by atoms with Crippen molar-refractivity contribution in [3.05, 3.63) is 39.4 Å². The Balaban J connectivity index is 2.83. The van der Waals surface area contributed by atoms with E-state index in [1.165, 1.54) is 0 Å². The molecule has 2 atom stereocenters. The molecule has 100 valence electrons. The molecule has 1 aromatic rings. The number of aryl methyl sites for hydroxylation is 1. The van der Waals surface area contributed by atoms with Crippen LogP contribution in [0.1, 0.15) is 50.8 Å². The number of hydrogen-bond acceptors (Lipinski definition) is 3. The van der Waals surface area contributed by atoms with E-state index in [9.17, 15) is 10.1 Å². The van der Waals surface area contributed by atoms with Crippen molar-refractivity contribution in [2.75, 3.05) is 0 Å². The van der Waals surface area contributed by atoms with Gasteiger partial charge in [-0.1, -0.05) is 25.5 Å². The van der Waals surface area contributed by atoms with Gasteiger partial charge in [0.1, 0.15) is 0 Å². The van der Waals surface area contributed by atoms with Crippen molar-refractivity contribution in [2.45, 2.75) is 52.6 Å². The van der Waals surface area contributed by atoms with Crippen LogP contribution in [0.3, 0.4) is 0 Å². The number of hydrogen-bond donors (Lipinski definition) is 1. The Morgan fingerprint density at radius 3 is 2.61 bits per heavy atom. The van der Waals surface area contributed by atoms with Gasteiger partial charge in [-0.05, 0) is 32.8 Å². The fourth-order valence-corrected chi connectivity index (χ4v) is 2.13. The van der Waals surface area contributed by atoms with Gasteiger partial charge in [0, 0.05) is 23.7 Å². The molecular weight excluding hydrogens is 228 g/mol. The van der Waals surface area contributed by atoms with Gasteiger partial charge in [0.15, 0.2) is 0 Å². The fourth-order valence-electron chi connectivity index (χ4n) is 2.13. The maximum atomic E-state index is 10.9. The van der Waals surface area contributed by atoms with Crippen LogP contribution in [0.5, 0.6) is 0 Å². The maximum Gasteiger partial charge on any atom is 0.272 e. The monoisotopic (exact) mass is 250 g/mol. The van der Waals surface area contributed by atoms with Crippen molar-refractivity contribution >= 4 is 5.69 Å². The normalized spacial score (nSPS) is 14.2. The molecule has 0 aliphatic rings. The lowest BCUT2D eigenvalue weighted by molar-refractivity contribution is -0.385. The van der Waals surface area contributed by atoms with Crippen molar-refractivity contribution in [1.82, 2.24) is 5.32 Å². The lowest BCUT2D eigenvalue weighted by Gasteiger charge is -2.20. The summed E-state index contributed by atoms with van der Waals surface area (Å²) in [6.07, 6.45) is 2.24. The fraction of sp³-hybridized carbons (Fsp3) is 0.571. The van der Waals surface area contributed by atoms with Crippen LogP contribution in [0.4, 0.5) is 5.69 Å². The summed E-state index contributed by atoms with van der Waals surface area (Å²) in [5.41, 5.74) is 1.87. The number of nitrogens with one attached hydrogen (secondary N) is 1. The molecule has 1 rings (SSSR count). The zero-order valence-electron chi connectivity index (χ0n) is 11.6. The van der Waals surface area contributed by atoms with Crippen molar-refractivity contribution in [3.8, 4) is 0 Å². The van der Waals surface area contributed by atoms with Crippen LogP contribution in [0.15, 0.2) is 18.2 Å². The molecule has 0 spiro atoms. The van der Waals surface area contributed by atoms with Crippen LogP contribution in [0.2, 0.25) is 0 Å². The van der Waals surface area contributed by atoms with Gasteiger partial charge in [-0.3, -0.25) is 10.1 Å². The predicted molar refractivity (Wildman–Crippen MR) is 73.8 cm³/mol. The molecule has 0 saturated carbocycles. The summed E-state index contributed by atoms with van der Waals surface area (Å²) in [5, 5.41) is 14.4. The Kier molecular flexibility index (Phi) is 5.28. The van der Waals surface area contributed by atoms with Gasteiger partial charge in [0.2, 0.25) is 0 Å². The molecule has 1 N–H and O–H groups in total. The Bertz CT molecular complexity index is 418. The SMILES string of the molecule is CCCC(C)NC(C)c1ccc(C)c([N+](=O)[O-])c1. The summed E-state index contributed by atoms with van der Waals surface area (Å²) in [7, 11) is 0. The summed E-state index contributed by atoms with van der Waals surface area (Å²) in [6.45, 7) is 8.10. The van der Waals surface area contributed by atoms with Crippen LogP contribution in [-0.4, -0.2) is 11.0 Å². The molecule has 4 heteroatoms. The molecule has 0 bridgehead atoms. The number of nitro benzene ring substituents is 1. The highest BCUT2D eigenvalue weighted by Crippen LogP contribution is 2.23. The second-order valence-electron chi connectivity index (χ2n) is 4.88. The average molecular weight is 250 g/mol. The lowest BCUT2D eigenvalue weighted by atomic mass is 10.0. The van der Waals surface area contributed by atoms with Crippen LogP contribution < -0.4 is 5.32 Å². The minimum Gasteiger partial charge on any atom is -0.308 e. The Labute approximate surface area is 109 Å². The first-order valence-corrected chi connectivity index (χ1v) is 6.46. The van der Waals surface area contributed by atoms with Gasteiger partial charge in [-0.2, -0.15) is 0 Å². The first-order valence-electron chi connectivity index (χ1n) is 6.46. The molecule has 0 saturated heterocycles. The first-order chi connectivity index (χ1) is 8.45. The Hall–Kier alpha value is -1.42. The smallest absolute Gasteiger partial charge is 0.272 e. The molecule has 0 aromatic heterocycles. The number of nitro groups is 1.